The number of rotatable bonds is 6. The molecule has 1 atom stereocenters. The Morgan fingerprint density at radius 3 is 2.56 bits per heavy atom. The predicted octanol–water partition coefficient (Wildman–Crippen LogP) is 3.02. The van der Waals surface area contributed by atoms with Gasteiger partial charge in [-0.2, -0.15) is 0 Å². The second kappa shape index (κ2) is 6.25. The van der Waals surface area contributed by atoms with E-state index in [0.717, 1.165) is 6.07 Å². The van der Waals surface area contributed by atoms with Crippen molar-refractivity contribution in [1.82, 2.24) is 5.32 Å². The molecule has 0 saturated heterocycles. The van der Waals surface area contributed by atoms with Crippen molar-refractivity contribution in [3.8, 4) is 0 Å². The normalized spacial score (nSPS) is 13.7. The molecule has 0 radical (unpaired) electrons. The Morgan fingerprint density at radius 1 is 1.33 bits per heavy atom. The van der Waals surface area contributed by atoms with Crippen molar-refractivity contribution in [1.29, 1.82) is 0 Å². The third-order valence-electron chi connectivity index (χ3n) is 3.10. The summed E-state index contributed by atoms with van der Waals surface area (Å²) >= 11 is 0. The highest BCUT2D eigenvalue weighted by atomic mass is 19.1. The van der Waals surface area contributed by atoms with Gasteiger partial charge in [0, 0.05) is 30.8 Å². The van der Waals surface area contributed by atoms with E-state index in [0.29, 0.717) is 18.5 Å². The Balaban J connectivity index is 2.63. The Bertz CT molecular complexity index is 393. The van der Waals surface area contributed by atoms with Crippen LogP contribution in [0.15, 0.2) is 18.2 Å². The van der Waals surface area contributed by atoms with Crippen molar-refractivity contribution >= 4 is 0 Å². The molecular formula is C14H21F2NO. The van der Waals surface area contributed by atoms with E-state index in [1.807, 2.05) is 20.8 Å². The number of hydrogen-bond donors (Lipinski definition) is 2. The molecule has 0 aliphatic carbocycles. The first-order chi connectivity index (χ1) is 8.35. The summed E-state index contributed by atoms with van der Waals surface area (Å²) in [5.74, 6) is -1.10. The van der Waals surface area contributed by atoms with Crippen LogP contribution in [0.1, 0.15) is 38.8 Å². The van der Waals surface area contributed by atoms with Crippen LogP contribution in [0.2, 0.25) is 0 Å². The smallest absolute Gasteiger partial charge is 0.130 e. The number of aliphatic hydroxyl groups excluding tert-OH is 1. The average molecular weight is 257 g/mol. The average Bonchev–Trinajstić information content (AvgIpc) is 2.26. The monoisotopic (exact) mass is 257 g/mol. The van der Waals surface area contributed by atoms with Crippen LogP contribution < -0.4 is 5.32 Å². The van der Waals surface area contributed by atoms with Crippen LogP contribution in [0.4, 0.5) is 8.78 Å². The number of halogens is 2. The Hall–Kier alpha value is -1.00. The van der Waals surface area contributed by atoms with Crippen molar-refractivity contribution in [2.75, 3.05) is 13.2 Å². The van der Waals surface area contributed by atoms with Gasteiger partial charge in [0.05, 0.1) is 0 Å². The van der Waals surface area contributed by atoms with Gasteiger partial charge in [-0.1, -0.05) is 19.9 Å². The topological polar surface area (TPSA) is 32.3 Å². The molecule has 0 aromatic heterocycles. The van der Waals surface area contributed by atoms with Gasteiger partial charge in [-0.25, -0.2) is 8.78 Å². The summed E-state index contributed by atoms with van der Waals surface area (Å²) < 4.78 is 26.3. The minimum absolute atomic E-state index is 0.0560. The third-order valence-corrected chi connectivity index (χ3v) is 3.10. The standard InChI is InChI=1S/C14H21F2NO/c1-10(17-9-14(2,3)6-7-18)12-5-4-11(15)8-13(12)16/h4-5,8,10,17-18H,6-7,9H2,1-3H3. The van der Waals surface area contributed by atoms with Crippen molar-refractivity contribution in [3.63, 3.8) is 0 Å². The minimum atomic E-state index is -0.566. The van der Waals surface area contributed by atoms with Crippen LogP contribution in [0.5, 0.6) is 0 Å². The van der Waals surface area contributed by atoms with E-state index in [1.165, 1.54) is 12.1 Å². The van der Waals surface area contributed by atoms with Crippen molar-refractivity contribution in [2.24, 2.45) is 5.41 Å². The van der Waals surface area contributed by atoms with Crippen molar-refractivity contribution in [3.05, 3.63) is 35.4 Å². The van der Waals surface area contributed by atoms with Crippen LogP contribution in [-0.2, 0) is 0 Å². The molecule has 102 valence electrons. The molecule has 2 nitrogen and oxygen atoms in total. The van der Waals surface area contributed by atoms with Crippen LogP contribution in [0, 0.1) is 17.0 Å². The first-order valence-electron chi connectivity index (χ1n) is 6.15. The second-order valence-electron chi connectivity index (χ2n) is 5.41. The van der Waals surface area contributed by atoms with Gasteiger partial charge in [0.2, 0.25) is 0 Å². The summed E-state index contributed by atoms with van der Waals surface area (Å²) in [7, 11) is 0. The molecule has 1 aromatic rings. The maximum absolute atomic E-state index is 13.5. The van der Waals surface area contributed by atoms with E-state index in [-0.39, 0.29) is 18.1 Å². The highest BCUT2D eigenvalue weighted by molar-refractivity contribution is 5.21. The first-order valence-corrected chi connectivity index (χ1v) is 6.15. The van der Waals surface area contributed by atoms with Gasteiger partial charge in [-0.05, 0) is 24.8 Å². The zero-order valence-electron chi connectivity index (χ0n) is 11.1. The summed E-state index contributed by atoms with van der Waals surface area (Å²) in [4.78, 5) is 0. The fourth-order valence-corrected chi connectivity index (χ4v) is 1.78. The van der Waals surface area contributed by atoms with E-state index < -0.39 is 11.6 Å². The van der Waals surface area contributed by atoms with Crippen LogP contribution >= 0.6 is 0 Å². The maximum Gasteiger partial charge on any atom is 0.130 e. The molecular weight excluding hydrogens is 236 g/mol. The summed E-state index contributed by atoms with van der Waals surface area (Å²) in [6.45, 7) is 6.69. The molecule has 2 N–H and O–H groups in total. The molecule has 1 rings (SSSR count). The number of hydrogen-bond acceptors (Lipinski definition) is 2. The Kier molecular flexibility index (Phi) is 5.23. The SMILES string of the molecule is CC(NCC(C)(C)CCO)c1ccc(F)cc1F. The number of aliphatic hydroxyl groups is 1. The van der Waals surface area contributed by atoms with Crippen molar-refractivity contribution in [2.45, 2.75) is 33.2 Å². The maximum atomic E-state index is 13.5. The van der Waals surface area contributed by atoms with Gasteiger partial charge in [0.25, 0.3) is 0 Å². The molecule has 0 fully saturated rings. The molecule has 0 amide bonds. The summed E-state index contributed by atoms with van der Waals surface area (Å²) in [6, 6.07) is 3.42. The molecule has 4 heteroatoms. The summed E-state index contributed by atoms with van der Waals surface area (Å²) in [6.07, 6.45) is 0.679. The molecule has 0 aliphatic rings. The quantitative estimate of drug-likeness (QED) is 0.821. The van der Waals surface area contributed by atoms with Crippen LogP contribution in [0.25, 0.3) is 0 Å². The van der Waals surface area contributed by atoms with Gasteiger partial charge < -0.3 is 10.4 Å². The summed E-state index contributed by atoms with van der Waals surface area (Å²) in [5, 5.41) is 12.1. The van der Waals surface area contributed by atoms with Gasteiger partial charge in [0.15, 0.2) is 0 Å². The van der Waals surface area contributed by atoms with Crippen LogP contribution in [-0.4, -0.2) is 18.3 Å². The third kappa shape index (κ3) is 4.35. The molecule has 1 aromatic carbocycles. The van der Waals surface area contributed by atoms with Crippen molar-refractivity contribution < 1.29 is 13.9 Å². The lowest BCUT2D eigenvalue weighted by atomic mass is 9.89. The number of nitrogens with one attached hydrogen (secondary N) is 1. The van der Waals surface area contributed by atoms with Gasteiger partial charge >= 0.3 is 0 Å². The molecule has 0 aliphatic heterocycles. The molecule has 0 spiro atoms. The molecule has 0 bridgehead atoms. The van der Waals surface area contributed by atoms with E-state index >= 15 is 0 Å². The van der Waals surface area contributed by atoms with E-state index in [2.05, 4.69) is 5.32 Å². The Morgan fingerprint density at radius 2 is 2.00 bits per heavy atom. The lowest BCUT2D eigenvalue weighted by Gasteiger charge is -2.26. The van der Waals surface area contributed by atoms with E-state index in [4.69, 9.17) is 5.11 Å². The first kappa shape index (κ1) is 15.1. The fraction of sp³-hybridized carbons (Fsp3) is 0.571. The highest BCUT2D eigenvalue weighted by Gasteiger charge is 2.19. The van der Waals surface area contributed by atoms with Gasteiger partial charge in [-0.3, -0.25) is 0 Å². The molecule has 0 heterocycles. The molecule has 0 saturated carbocycles. The predicted molar refractivity (Wildman–Crippen MR) is 68.3 cm³/mol. The minimum Gasteiger partial charge on any atom is -0.396 e. The second-order valence-corrected chi connectivity index (χ2v) is 5.41. The van der Waals surface area contributed by atoms with E-state index in [9.17, 15) is 8.78 Å². The summed E-state index contributed by atoms with van der Waals surface area (Å²) in [5.41, 5.74) is 0.399. The molecule has 18 heavy (non-hydrogen) atoms. The lowest BCUT2D eigenvalue weighted by molar-refractivity contribution is 0.203. The lowest BCUT2D eigenvalue weighted by Crippen LogP contribution is -2.32. The number of benzene rings is 1. The van der Waals surface area contributed by atoms with Crippen LogP contribution in [0.3, 0.4) is 0 Å². The van der Waals surface area contributed by atoms with Gasteiger partial charge in [-0.15, -0.1) is 0 Å². The largest absolute Gasteiger partial charge is 0.396 e. The Labute approximate surface area is 107 Å². The zero-order valence-corrected chi connectivity index (χ0v) is 11.1. The van der Waals surface area contributed by atoms with E-state index in [1.54, 1.807) is 0 Å². The highest BCUT2D eigenvalue weighted by Crippen LogP contribution is 2.22. The molecule has 1 unspecified atom stereocenters. The van der Waals surface area contributed by atoms with Gasteiger partial charge in [0.1, 0.15) is 11.6 Å². The zero-order chi connectivity index (χ0) is 13.8. The fourth-order valence-electron chi connectivity index (χ4n) is 1.78.